The maximum atomic E-state index is 11.9. The van der Waals surface area contributed by atoms with E-state index in [-0.39, 0.29) is 11.9 Å². The summed E-state index contributed by atoms with van der Waals surface area (Å²) >= 11 is 0. The van der Waals surface area contributed by atoms with Crippen molar-refractivity contribution in [1.29, 1.82) is 0 Å². The van der Waals surface area contributed by atoms with Gasteiger partial charge >= 0.3 is 5.97 Å². The molecule has 6 nitrogen and oxygen atoms in total. The fourth-order valence-electron chi connectivity index (χ4n) is 2.92. The summed E-state index contributed by atoms with van der Waals surface area (Å²) in [6.07, 6.45) is 2.03. The van der Waals surface area contributed by atoms with Gasteiger partial charge in [0.25, 0.3) is 0 Å². The molecule has 1 aliphatic rings. The van der Waals surface area contributed by atoms with Crippen LogP contribution in [0.15, 0.2) is 30.3 Å². The molecule has 0 atom stereocenters. The normalized spacial score (nSPS) is 15.7. The lowest BCUT2D eigenvalue weighted by molar-refractivity contribution is -0.140. The highest BCUT2D eigenvalue weighted by Gasteiger charge is 2.18. The first-order valence-electron chi connectivity index (χ1n) is 8.99. The minimum Gasteiger partial charge on any atom is -0.469 e. The third kappa shape index (κ3) is 7.67. The Hall–Kier alpha value is -1.92. The van der Waals surface area contributed by atoms with Crippen LogP contribution < -0.4 is 5.32 Å². The van der Waals surface area contributed by atoms with Crippen LogP contribution in [-0.4, -0.2) is 74.6 Å². The summed E-state index contributed by atoms with van der Waals surface area (Å²) in [5, 5.41) is 2.87. The number of nitrogens with zero attached hydrogens (tertiary/aromatic N) is 2. The zero-order valence-electron chi connectivity index (χ0n) is 15.1. The second kappa shape index (κ2) is 10.8. The van der Waals surface area contributed by atoms with Gasteiger partial charge in [-0.3, -0.25) is 14.5 Å². The first-order valence-corrected chi connectivity index (χ1v) is 8.99. The Balaban J connectivity index is 1.55. The van der Waals surface area contributed by atoms with Gasteiger partial charge in [-0.15, -0.1) is 0 Å². The van der Waals surface area contributed by atoms with Gasteiger partial charge in [-0.25, -0.2) is 0 Å². The molecule has 25 heavy (non-hydrogen) atoms. The van der Waals surface area contributed by atoms with E-state index in [0.29, 0.717) is 25.9 Å². The van der Waals surface area contributed by atoms with Crippen LogP contribution in [0.25, 0.3) is 0 Å². The number of ether oxygens (including phenoxy) is 1. The van der Waals surface area contributed by atoms with Crippen LogP contribution in [0.4, 0.5) is 0 Å². The number of carbonyl (C=O) groups is 2. The number of carbonyl (C=O) groups excluding carboxylic acids is 2. The number of hydrogen-bond donors (Lipinski definition) is 1. The summed E-state index contributed by atoms with van der Waals surface area (Å²) in [4.78, 5) is 27.6. The van der Waals surface area contributed by atoms with Gasteiger partial charge in [-0.1, -0.05) is 30.3 Å². The smallest absolute Gasteiger partial charge is 0.305 e. The molecule has 0 aliphatic carbocycles. The Morgan fingerprint density at radius 1 is 1.08 bits per heavy atom. The molecular formula is C19H29N3O3. The van der Waals surface area contributed by atoms with Crippen LogP contribution in [0, 0.1) is 0 Å². The summed E-state index contributed by atoms with van der Waals surface area (Å²) in [6, 6.07) is 10.5. The second-order valence-corrected chi connectivity index (χ2v) is 6.38. The molecule has 1 fully saturated rings. The molecule has 1 aromatic rings. The Labute approximate surface area is 150 Å². The van der Waals surface area contributed by atoms with E-state index in [1.807, 2.05) is 6.07 Å². The van der Waals surface area contributed by atoms with Gasteiger partial charge in [-0.2, -0.15) is 0 Å². The summed E-state index contributed by atoms with van der Waals surface area (Å²) < 4.78 is 4.57. The maximum Gasteiger partial charge on any atom is 0.305 e. The third-order valence-corrected chi connectivity index (χ3v) is 4.50. The SMILES string of the molecule is COC(=O)CCCNC(=O)CN1CCN(CCc2ccccc2)CC1. The van der Waals surface area contributed by atoms with Gasteiger partial charge < -0.3 is 15.0 Å². The third-order valence-electron chi connectivity index (χ3n) is 4.50. The average Bonchev–Trinajstić information content (AvgIpc) is 2.65. The molecule has 0 saturated carbocycles. The molecular weight excluding hydrogens is 318 g/mol. The zero-order valence-corrected chi connectivity index (χ0v) is 15.1. The van der Waals surface area contributed by atoms with Gasteiger partial charge in [0.15, 0.2) is 0 Å². The largest absolute Gasteiger partial charge is 0.469 e. The Bertz CT molecular complexity index is 528. The number of piperazine rings is 1. The predicted molar refractivity (Wildman–Crippen MR) is 97.3 cm³/mol. The first kappa shape index (κ1) is 19.4. The first-order chi connectivity index (χ1) is 12.2. The van der Waals surface area contributed by atoms with Crippen LogP contribution >= 0.6 is 0 Å². The van der Waals surface area contributed by atoms with Crippen molar-refractivity contribution in [3.05, 3.63) is 35.9 Å². The van der Waals surface area contributed by atoms with E-state index in [9.17, 15) is 9.59 Å². The van der Waals surface area contributed by atoms with Crippen LogP contribution in [0.3, 0.4) is 0 Å². The molecule has 0 unspecified atom stereocenters. The Morgan fingerprint density at radius 3 is 2.44 bits per heavy atom. The highest BCUT2D eigenvalue weighted by Crippen LogP contribution is 2.05. The molecule has 1 heterocycles. The van der Waals surface area contributed by atoms with Crippen molar-refractivity contribution in [1.82, 2.24) is 15.1 Å². The topological polar surface area (TPSA) is 61.9 Å². The summed E-state index contributed by atoms with van der Waals surface area (Å²) in [5.41, 5.74) is 1.37. The van der Waals surface area contributed by atoms with Crippen molar-refractivity contribution in [2.75, 3.05) is 52.9 Å². The fraction of sp³-hybridized carbons (Fsp3) is 0.579. The van der Waals surface area contributed by atoms with Crippen molar-refractivity contribution in [2.45, 2.75) is 19.3 Å². The van der Waals surface area contributed by atoms with Gasteiger partial charge in [0.05, 0.1) is 13.7 Å². The second-order valence-electron chi connectivity index (χ2n) is 6.38. The van der Waals surface area contributed by atoms with Crippen molar-refractivity contribution < 1.29 is 14.3 Å². The van der Waals surface area contributed by atoms with Gasteiger partial charge in [0.2, 0.25) is 5.91 Å². The predicted octanol–water partition coefficient (Wildman–Crippen LogP) is 0.916. The van der Waals surface area contributed by atoms with E-state index in [1.165, 1.54) is 12.7 Å². The molecule has 1 aromatic carbocycles. The van der Waals surface area contributed by atoms with Gasteiger partial charge in [0.1, 0.15) is 0 Å². The summed E-state index contributed by atoms with van der Waals surface area (Å²) in [7, 11) is 1.38. The van der Waals surface area contributed by atoms with Crippen LogP contribution in [0.5, 0.6) is 0 Å². The van der Waals surface area contributed by atoms with Crippen molar-refractivity contribution in [3.8, 4) is 0 Å². The van der Waals surface area contributed by atoms with Crippen molar-refractivity contribution in [2.24, 2.45) is 0 Å². The quantitative estimate of drug-likeness (QED) is 0.532. The number of hydrogen-bond acceptors (Lipinski definition) is 5. The highest BCUT2D eigenvalue weighted by atomic mass is 16.5. The molecule has 138 valence electrons. The van der Waals surface area contributed by atoms with E-state index in [4.69, 9.17) is 0 Å². The Morgan fingerprint density at radius 2 is 1.76 bits per heavy atom. The number of esters is 1. The maximum absolute atomic E-state index is 11.9. The summed E-state index contributed by atoms with van der Waals surface area (Å²) in [6.45, 7) is 5.87. The molecule has 1 amide bonds. The lowest BCUT2D eigenvalue weighted by Crippen LogP contribution is -2.49. The molecule has 0 bridgehead atoms. The van der Waals surface area contributed by atoms with Gasteiger partial charge in [0, 0.05) is 45.7 Å². The number of methoxy groups -OCH3 is 1. The number of benzene rings is 1. The molecule has 1 aliphatic heterocycles. The van der Waals surface area contributed by atoms with Crippen LogP contribution in [-0.2, 0) is 20.7 Å². The van der Waals surface area contributed by atoms with Gasteiger partial charge in [-0.05, 0) is 18.4 Å². The molecule has 1 N–H and O–H groups in total. The number of rotatable bonds is 9. The molecule has 0 radical (unpaired) electrons. The van der Waals surface area contributed by atoms with Crippen LogP contribution in [0.2, 0.25) is 0 Å². The van der Waals surface area contributed by atoms with Crippen molar-refractivity contribution >= 4 is 11.9 Å². The fourth-order valence-corrected chi connectivity index (χ4v) is 2.92. The lowest BCUT2D eigenvalue weighted by atomic mass is 10.1. The van der Waals surface area contributed by atoms with E-state index in [1.54, 1.807) is 0 Å². The molecule has 2 rings (SSSR count). The van der Waals surface area contributed by atoms with E-state index < -0.39 is 0 Å². The van der Waals surface area contributed by atoms with E-state index >= 15 is 0 Å². The summed E-state index contributed by atoms with van der Waals surface area (Å²) in [5.74, 6) is -0.205. The Kier molecular flexibility index (Phi) is 8.42. The molecule has 1 saturated heterocycles. The van der Waals surface area contributed by atoms with E-state index in [0.717, 1.165) is 39.1 Å². The number of amides is 1. The highest BCUT2D eigenvalue weighted by molar-refractivity contribution is 5.78. The van der Waals surface area contributed by atoms with E-state index in [2.05, 4.69) is 44.1 Å². The van der Waals surface area contributed by atoms with Crippen molar-refractivity contribution in [3.63, 3.8) is 0 Å². The molecule has 0 spiro atoms. The minimum atomic E-state index is -0.235. The van der Waals surface area contributed by atoms with Crippen LogP contribution in [0.1, 0.15) is 18.4 Å². The zero-order chi connectivity index (χ0) is 17.9. The number of nitrogens with one attached hydrogen (secondary N) is 1. The molecule has 6 heteroatoms. The minimum absolute atomic E-state index is 0.0302. The monoisotopic (exact) mass is 347 g/mol. The average molecular weight is 347 g/mol. The lowest BCUT2D eigenvalue weighted by Gasteiger charge is -2.34. The standard InChI is InChI=1S/C19H29N3O3/c1-25-19(24)8-5-10-20-18(23)16-22-14-12-21(13-15-22)11-9-17-6-3-2-4-7-17/h2-4,6-7H,5,8-16H2,1H3,(H,20,23). The molecule has 0 aromatic heterocycles.